The highest BCUT2D eigenvalue weighted by Gasteiger charge is 2.13. The summed E-state index contributed by atoms with van der Waals surface area (Å²) in [6.07, 6.45) is 0.693. The Morgan fingerprint density at radius 2 is 1.86 bits per heavy atom. The van der Waals surface area contributed by atoms with Crippen LogP contribution >= 0.6 is 0 Å². The topological polar surface area (TPSA) is 90.5 Å². The van der Waals surface area contributed by atoms with Crippen molar-refractivity contribution in [2.45, 2.75) is 26.3 Å². The Bertz CT molecular complexity index is 449. The monoisotopic (exact) mass is 293 g/mol. The lowest BCUT2D eigenvalue weighted by atomic mass is 10.0. The second-order valence-corrected chi connectivity index (χ2v) is 5.25. The van der Waals surface area contributed by atoms with Crippen molar-refractivity contribution in [1.82, 2.24) is 10.6 Å². The zero-order chi connectivity index (χ0) is 15.7. The quantitative estimate of drug-likeness (QED) is 0.611. The summed E-state index contributed by atoms with van der Waals surface area (Å²) < 4.78 is 0. The van der Waals surface area contributed by atoms with E-state index in [2.05, 4.69) is 16.0 Å². The van der Waals surface area contributed by atoms with Gasteiger partial charge in [0, 0.05) is 5.69 Å². The first-order valence-electron chi connectivity index (χ1n) is 7.01. The Balaban J connectivity index is 2.30. The number of nitrogens with one attached hydrogen (secondary N) is 3. The smallest absolute Gasteiger partial charge is 0.319 e. The molecule has 0 aliphatic carbocycles. The van der Waals surface area contributed by atoms with Crippen molar-refractivity contribution in [2.75, 3.05) is 18.5 Å². The molecule has 1 aromatic carbocycles. The number of rotatable bonds is 7. The largest absolute Gasteiger partial charge is 0.394 e. The Hall–Kier alpha value is -2.08. The normalized spacial score (nSPS) is 11.8. The van der Waals surface area contributed by atoms with Gasteiger partial charge in [-0.25, -0.2) is 4.79 Å². The Morgan fingerprint density at radius 1 is 1.19 bits per heavy atom. The summed E-state index contributed by atoms with van der Waals surface area (Å²) in [6, 6.07) is 8.24. The van der Waals surface area contributed by atoms with Gasteiger partial charge in [0.25, 0.3) is 0 Å². The minimum Gasteiger partial charge on any atom is -0.394 e. The number of hydrogen-bond acceptors (Lipinski definition) is 3. The number of benzene rings is 1. The molecule has 0 radical (unpaired) electrons. The molecule has 1 rings (SSSR count). The van der Waals surface area contributed by atoms with E-state index in [0.29, 0.717) is 18.0 Å². The van der Waals surface area contributed by atoms with Gasteiger partial charge in [0.15, 0.2) is 0 Å². The van der Waals surface area contributed by atoms with E-state index < -0.39 is 6.03 Å². The van der Waals surface area contributed by atoms with Crippen LogP contribution in [0.1, 0.15) is 20.3 Å². The SMILES string of the molecule is CC(C)CC(CO)NC(=O)CNC(=O)Nc1ccccc1. The van der Waals surface area contributed by atoms with Gasteiger partial charge < -0.3 is 21.1 Å². The van der Waals surface area contributed by atoms with Crippen LogP contribution in [0.15, 0.2) is 30.3 Å². The fourth-order valence-corrected chi connectivity index (χ4v) is 1.88. The van der Waals surface area contributed by atoms with E-state index in [-0.39, 0.29) is 25.1 Å². The number of hydrogen-bond donors (Lipinski definition) is 4. The van der Waals surface area contributed by atoms with Crippen LogP contribution in [0.25, 0.3) is 0 Å². The molecule has 0 spiro atoms. The van der Waals surface area contributed by atoms with Gasteiger partial charge in [0.05, 0.1) is 19.2 Å². The van der Waals surface area contributed by atoms with E-state index in [0.717, 1.165) is 0 Å². The third kappa shape index (κ3) is 7.31. The Labute approximate surface area is 124 Å². The van der Waals surface area contributed by atoms with Crippen molar-refractivity contribution in [3.63, 3.8) is 0 Å². The number of anilines is 1. The molecule has 0 heterocycles. The van der Waals surface area contributed by atoms with Gasteiger partial charge in [0.2, 0.25) is 5.91 Å². The Kier molecular flexibility index (Phi) is 7.25. The van der Waals surface area contributed by atoms with Crippen LogP contribution in [0, 0.1) is 5.92 Å². The number of para-hydroxylation sites is 1. The van der Waals surface area contributed by atoms with Gasteiger partial charge in [-0.05, 0) is 24.5 Å². The average molecular weight is 293 g/mol. The highest BCUT2D eigenvalue weighted by molar-refractivity contribution is 5.92. The summed E-state index contributed by atoms with van der Waals surface area (Å²) in [7, 11) is 0. The standard InChI is InChI=1S/C15H23N3O3/c1-11(2)8-13(10-19)17-14(20)9-16-15(21)18-12-6-4-3-5-7-12/h3-7,11,13,19H,8-10H2,1-2H3,(H,17,20)(H2,16,18,21). The van der Waals surface area contributed by atoms with Crippen LogP contribution in [0.3, 0.4) is 0 Å². The first kappa shape index (κ1) is 17.0. The first-order valence-corrected chi connectivity index (χ1v) is 7.01. The minimum atomic E-state index is -0.444. The number of carbonyl (C=O) groups excluding carboxylic acids is 2. The molecule has 21 heavy (non-hydrogen) atoms. The van der Waals surface area contributed by atoms with Gasteiger partial charge >= 0.3 is 6.03 Å². The van der Waals surface area contributed by atoms with Gasteiger partial charge in [-0.3, -0.25) is 4.79 Å². The third-order valence-electron chi connectivity index (χ3n) is 2.78. The van der Waals surface area contributed by atoms with Crippen molar-refractivity contribution >= 4 is 17.6 Å². The predicted octanol–water partition coefficient (Wildman–Crippen LogP) is 1.33. The van der Waals surface area contributed by atoms with Crippen molar-refractivity contribution in [1.29, 1.82) is 0 Å². The molecule has 0 aliphatic heterocycles. The molecular weight excluding hydrogens is 270 g/mol. The molecule has 0 aromatic heterocycles. The summed E-state index contributed by atoms with van der Waals surface area (Å²) in [5.74, 6) is 0.0506. The predicted molar refractivity (Wildman–Crippen MR) is 81.9 cm³/mol. The molecule has 3 amide bonds. The van der Waals surface area contributed by atoms with Crippen LogP contribution in [0.2, 0.25) is 0 Å². The first-order chi connectivity index (χ1) is 10.0. The van der Waals surface area contributed by atoms with Crippen LogP contribution in [0.5, 0.6) is 0 Å². The number of carbonyl (C=O) groups is 2. The number of aliphatic hydroxyl groups excluding tert-OH is 1. The summed E-state index contributed by atoms with van der Waals surface area (Å²) >= 11 is 0. The van der Waals surface area contributed by atoms with E-state index in [4.69, 9.17) is 0 Å². The van der Waals surface area contributed by atoms with E-state index in [9.17, 15) is 14.7 Å². The summed E-state index contributed by atoms with van der Waals surface area (Å²) in [5.41, 5.74) is 0.656. The van der Waals surface area contributed by atoms with Crippen LogP contribution in [-0.4, -0.2) is 36.2 Å². The van der Waals surface area contributed by atoms with Crippen LogP contribution < -0.4 is 16.0 Å². The van der Waals surface area contributed by atoms with E-state index >= 15 is 0 Å². The fourth-order valence-electron chi connectivity index (χ4n) is 1.88. The molecule has 6 heteroatoms. The van der Waals surface area contributed by atoms with E-state index in [1.807, 2.05) is 19.9 Å². The molecule has 0 fully saturated rings. The second-order valence-electron chi connectivity index (χ2n) is 5.25. The van der Waals surface area contributed by atoms with Gasteiger partial charge in [0.1, 0.15) is 0 Å². The molecule has 6 nitrogen and oxygen atoms in total. The van der Waals surface area contributed by atoms with Crippen molar-refractivity contribution in [3.8, 4) is 0 Å². The van der Waals surface area contributed by atoms with Gasteiger partial charge in [-0.15, -0.1) is 0 Å². The summed E-state index contributed by atoms with van der Waals surface area (Å²) in [6.45, 7) is 3.79. The zero-order valence-electron chi connectivity index (χ0n) is 12.4. The molecule has 116 valence electrons. The van der Waals surface area contributed by atoms with Crippen molar-refractivity contribution in [2.24, 2.45) is 5.92 Å². The molecule has 1 atom stereocenters. The van der Waals surface area contributed by atoms with Crippen molar-refractivity contribution in [3.05, 3.63) is 30.3 Å². The lowest BCUT2D eigenvalue weighted by Gasteiger charge is -2.18. The molecular formula is C15H23N3O3. The zero-order valence-corrected chi connectivity index (χ0v) is 12.4. The molecule has 1 unspecified atom stereocenters. The minimum absolute atomic E-state index is 0.111. The molecule has 4 N–H and O–H groups in total. The van der Waals surface area contributed by atoms with E-state index in [1.54, 1.807) is 24.3 Å². The molecule has 0 aliphatic rings. The fraction of sp³-hybridized carbons (Fsp3) is 0.467. The van der Waals surface area contributed by atoms with Gasteiger partial charge in [-0.1, -0.05) is 32.0 Å². The maximum absolute atomic E-state index is 11.7. The average Bonchev–Trinajstić information content (AvgIpc) is 2.45. The molecule has 0 saturated heterocycles. The maximum atomic E-state index is 11.7. The summed E-state index contributed by atoms with van der Waals surface area (Å²) in [5, 5.41) is 17.0. The summed E-state index contributed by atoms with van der Waals surface area (Å²) in [4.78, 5) is 23.3. The Morgan fingerprint density at radius 3 is 2.43 bits per heavy atom. The molecule has 0 saturated carbocycles. The van der Waals surface area contributed by atoms with Crippen molar-refractivity contribution < 1.29 is 14.7 Å². The molecule has 1 aromatic rings. The van der Waals surface area contributed by atoms with Gasteiger partial charge in [-0.2, -0.15) is 0 Å². The molecule has 0 bridgehead atoms. The lowest BCUT2D eigenvalue weighted by molar-refractivity contribution is -0.121. The number of urea groups is 1. The number of amides is 3. The third-order valence-corrected chi connectivity index (χ3v) is 2.78. The highest BCUT2D eigenvalue weighted by Crippen LogP contribution is 2.04. The van der Waals surface area contributed by atoms with Crippen LogP contribution in [-0.2, 0) is 4.79 Å². The second kappa shape index (κ2) is 8.97. The van der Waals surface area contributed by atoms with E-state index in [1.165, 1.54) is 0 Å². The van der Waals surface area contributed by atoms with Crippen LogP contribution in [0.4, 0.5) is 10.5 Å². The lowest BCUT2D eigenvalue weighted by Crippen LogP contribution is -2.44. The highest BCUT2D eigenvalue weighted by atomic mass is 16.3. The number of aliphatic hydroxyl groups is 1. The maximum Gasteiger partial charge on any atom is 0.319 e.